The maximum Gasteiger partial charge on any atom is 0.255 e. The van der Waals surface area contributed by atoms with Gasteiger partial charge in [0.15, 0.2) is 0 Å². The number of carbonyl (C=O) groups is 2. The smallest absolute Gasteiger partial charge is 0.255 e. The van der Waals surface area contributed by atoms with Gasteiger partial charge < -0.3 is 19.5 Å². The fourth-order valence-corrected chi connectivity index (χ4v) is 4.89. The zero-order chi connectivity index (χ0) is 23.8. The Morgan fingerprint density at radius 3 is 2.47 bits per heavy atom. The third-order valence-corrected chi connectivity index (χ3v) is 6.74. The van der Waals surface area contributed by atoms with Gasteiger partial charge >= 0.3 is 0 Å². The first-order chi connectivity index (χ1) is 16.5. The number of rotatable bonds is 6. The molecule has 0 spiro atoms. The molecule has 0 fully saturated rings. The van der Waals surface area contributed by atoms with Crippen molar-refractivity contribution in [2.45, 2.75) is 19.5 Å². The summed E-state index contributed by atoms with van der Waals surface area (Å²) < 4.78 is 7.34. The van der Waals surface area contributed by atoms with E-state index in [1.807, 2.05) is 67.7 Å². The first-order valence-electron chi connectivity index (χ1n) is 11.3. The summed E-state index contributed by atoms with van der Waals surface area (Å²) in [5.41, 5.74) is 5.82. The minimum absolute atomic E-state index is 0.0169. The monoisotopic (exact) mass is 453 g/mol. The number of nitrogens with zero attached hydrogens (tertiary/aromatic N) is 2. The Balaban J connectivity index is 1.46. The van der Waals surface area contributed by atoms with Crippen molar-refractivity contribution in [2.24, 2.45) is 7.05 Å². The molecule has 0 saturated heterocycles. The zero-order valence-electron chi connectivity index (χ0n) is 19.5. The van der Waals surface area contributed by atoms with Gasteiger partial charge in [-0.05, 0) is 42.3 Å². The molecule has 1 atom stereocenters. The third kappa shape index (κ3) is 3.61. The van der Waals surface area contributed by atoms with Crippen molar-refractivity contribution >= 4 is 22.7 Å². The molecule has 0 aliphatic carbocycles. The Morgan fingerprint density at radius 2 is 1.71 bits per heavy atom. The molecule has 0 saturated carbocycles. The molecule has 1 aromatic heterocycles. The van der Waals surface area contributed by atoms with Crippen molar-refractivity contribution in [1.29, 1.82) is 0 Å². The predicted molar refractivity (Wildman–Crippen MR) is 132 cm³/mol. The minimum Gasteiger partial charge on any atom is -0.497 e. The van der Waals surface area contributed by atoms with E-state index in [0.717, 1.165) is 39.0 Å². The highest BCUT2D eigenvalue weighted by molar-refractivity contribution is 6.02. The van der Waals surface area contributed by atoms with Crippen LogP contribution in [-0.4, -0.2) is 34.9 Å². The summed E-state index contributed by atoms with van der Waals surface area (Å²) in [6.07, 6.45) is 0. The Kier molecular flexibility index (Phi) is 5.57. The highest BCUT2D eigenvalue weighted by Crippen LogP contribution is 2.43. The van der Waals surface area contributed by atoms with Gasteiger partial charge in [0.2, 0.25) is 5.91 Å². The quantitative estimate of drug-likeness (QED) is 0.472. The first kappa shape index (κ1) is 21.8. The molecule has 172 valence electrons. The molecule has 5 rings (SSSR count). The molecule has 1 unspecified atom stereocenters. The number of benzene rings is 3. The lowest BCUT2D eigenvalue weighted by Gasteiger charge is -2.26. The summed E-state index contributed by atoms with van der Waals surface area (Å²) in [4.78, 5) is 28.1. The summed E-state index contributed by atoms with van der Waals surface area (Å²) in [6, 6.07) is 23.1. The lowest BCUT2D eigenvalue weighted by molar-refractivity contribution is -0.122. The zero-order valence-corrected chi connectivity index (χ0v) is 19.5. The van der Waals surface area contributed by atoms with E-state index in [0.29, 0.717) is 12.1 Å². The van der Waals surface area contributed by atoms with Gasteiger partial charge in [-0.1, -0.05) is 48.5 Å². The largest absolute Gasteiger partial charge is 0.497 e. The SMILES string of the molecule is COc1ccc(CNC(=O)CN2C(=O)c3ccccc3C2c2c(C)n(C)c3ccccc23)cc1. The fourth-order valence-electron chi connectivity index (χ4n) is 4.89. The number of aryl methyl sites for hydroxylation is 1. The average molecular weight is 454 g/mol. The maximum absolute atomic E-state index is 13.4. The van der Waals surface area contributed by atoms with Gasteiger partial charge in [-0.15, -0.1) is 0 Å². The number of carbonyl (C=O) groups excluding carboxylic acids is 2. The summed E-state index contributed by atoms with van der Waals surface area (Å²) in [5, 5.41) is 4.06. The van der Waals surface area contributed by atoms with Gasteiger partial charge in [-0.25, -0.2) is 0 Å². The number of methoxy groups -OCH3 is 1. The van der Waals surface area contributed by atoms with Crippen LogP contribution in [0.2, 0.25) is 0 Å². The second kappa shape index (κ2) is 8.71. The van der Waals surface area contributed by atoms with Crippen LogP contribution in [-0.2, 0) is 18.4 Å². The van der Waals surface area contributed by atoms with E-state index in [1.165, 1.54) is 0 Å². The number of hydrogen-bond acceptors (Lipinski definition) is 3. The van der Waals surface area contributed by atoms with Crippen LogP contribution in [0.25, 0.3) is 10.9 Å². The Bertz CT molecular complexity index is 1390. The van der Waals surface area contributed by atoms with E-state index < -0.39 is 0 Å². The highest BCUT2D eigenvalue weighted by atomic mass is 16.5. The molecule has 1 aliphatic heterocycles. The van der Waals surface area contributed by atoms with Crippen molar-refractivity contribution in [2.75, 3.05) is 13.7 Å². The topological polar surface area (TPSA) is 63.6 Å². The van der Waals surface area contributed by atoms with Crippen LogP contribution in [0.3, 0.4) is 0 Å². The lowest BCUT2D eigenvalue weighted by atomic mass is 9.95. The molecular weight excluding hydrogens is 426 g/mol. The van der Waals surface area contributed by atoms with Gasteiger partial charge in [-0.2, -0.15) is 0 Å². The number of fused-ring (bicyclic) bond motifs is 2. The Morgan fingerprint density at radius 1 is 1.00 bits per heavy atom. The minimum atomic E-state index is -0.318. The Labute approximate surface area is 198 Å². The van der Waals surface area contributed by atoms with Gasteiger partial charge in [-0.3, -0.25) is 9.59 Å². The molecule has 6 heteroatoms. The molecular formula is C28H27N3O3. The van der Waals surface area contributed by atoms with Crippen LogP contribution < -0.4 is 10.1 Å². The predicted octanol–water partition coefficient (Wildman–Crippen LogP) is 4.36. The van der Waals surface area contributed by atoms with Crippen molar-refractivity contribution in [3.63, 3.8) is 0 Å². The molecule has 1 aliphatic rings. The van der Waals surface area contributed by atoms with Crippen LogP contribution in [0.4, 0.5) is 0 Å². The molecule has 0 bridgehead atoms. The fraction of sp³-hybridized carbons (Fsp3) is 0.214. The summed E-state index contributed by atoms with van der Waals surface area (Å²) in [6.45, 7) is 2.44. The number of ether oxygens (including phenoxy) is 1. The van der Waals surface area contributed by atoms with Crippen molar-refractivity contribution < 1.29 is 14.3 Å². The molecule has 6 nitrogen and oxygen atoms in total. The van der Waals surface area contributed by atoms with Gasteiger partial charge in [0, 0.05) is 41.3 Å². The molecule has 4 aromatic rings. The molecule has 2 amide bonds. The standard InChI is InChI=1S/C28H27N3O3/c1-18-26(23-10-6-7-11-24(23)30(18)2)27-21-8-4-5-9-22(21)28(33)31(27)17-25(32)29-16-19-12-14-20(34-3)15-13-19/h4-15,27H,16-17H2,1-3H3,(H,29,32). The highest BCUT2D eigenvalue weighted by Gasteiger charge is 2.40. The van der Waals surface area contributed by atoms with Crippen LogP contribution in [0.15, 0.2) is 72.8 Å². The van der Waals surface area contributed by atoms with E-state index in [-0.39, 0.29) is 24.4 Å². The van der Waals surface area contributed by atoms with Crippen LogP contribution >= 0.6 is 0 Å². The van der Waals surface area contributed by atoms with Gasteiger partial charge in [0.1, 0.15) is 12.3 Å². The van der Waals surface area contributed by atoms with E-state index in [1.54, 1.807) is 12.0 Å². The summed E-state index contributed by atoms with van der Waals surface area (Å²) in [5.74, 6) is 0.455. The van der Waals surface area contributed by atoms with Crippen molar-refractivity contribution in [3.8, 4) is 5.75 Å². The average Bonchev–Trinajstić information content (AvgIpc) is 3.28. The van der Waals surface area contributed by atoms with Crippen molar-refractivity contribution in [1.82, 2.24) is 14.8 Å². The summed E-state index contributed by atoms with van der Waals surface area (Å²) in [7, 11) is 3.66. The van der Waals surface area contributed by atoms with E-state index in [2.05, 4.69) is 28.9 Å². The normalized spacial score (nSPS) is 15.0. The van der Waals surface area contributed by atoms with Crippen LogP contribution in [0.5, 0.6) is 5.75 Å². The number of nitrogens with one attached hydrogen (secondary N) is 1. The lowest BCUT2D eigenvalue weighted by Crippen LogP contribution is -2.39. The van der Waals surface area contributed by atoms with Gasteiger partial charge in [0.25, 0.3) is 5.91 Å². The maximum atomic E-state index is 13.4. The second-order valence-electron chi connectivity index (χ2n) is 8.62. The molecule has 0 radical (unpaired) electrons. The third-order valence-electron chi connectivity index (χ3n) is 6.74. The van der Waals surface area contributed by atoms with E-state index in [9.17, 15) is 9.59 Å². The van der Waals surface area contributed by atoms with E-state index in [4.69, 9.17) is 4.74 Å². The Hall–Kier alpha value is -4.06. The summed E-state index contributed by atoms with van der Waals surface area (Å²) >= 11 is 0. The van der Waals surface area contributed by atoms with E-state index >= 15 is 0 Å². The van der Waals surface area contributed by atoms with Gasteiger partial charge in [0.05, 0.1) is 13.2 Å². The number of hydrogen-bond donors (Lipinski definition) is 1. The first-order valence-corrected chi connectivity index (χ1v) is 11.3. The molecule has 3 aromatic carbocycles. The molecule has 34 heavy (non-hydrogen) atoms. The number of para-hydroxylation sites is 1. The number of aromatic nitrogens is 1. The van der Waals surface area contributed by atoms with Crippen LogP contribution in [0.1, 0.15) is 38.8 Å². The molecule has 1 N–H and O–H groups in total. The molecule has 2 heterocycles. The second-order valence-corrected chi connectivity index (χ2v) is 8.62. The van der Waals surface area contributed by atoms with Crippen molar-refractivity contribution in [3.05, 3.63) is 101 Å². The van der Waals surface area contributed by atoms with Crippen LogP contribution in [0, 0.1) is 6.92 Å². The number of amides is 2.